The first-order valence-corrected chi connectivity index (χ1v) is 28.8. The third-order valence-corrected chi connectivity index (χ3v) is 12.7. The van der Waals surface area contributed by atoms with Crippen LogP contribution in [0.15, 0.2) is 0 Å². The van der Waals surface area contributed by atoms with E-state index in [2.05, 4.69) is 46.9 Å². The Morgan fingerprint density at radius 1 is 0.873 bits per heavy atom. The number of carbonyl (C=O) groups is 1. The van der Waals surface area contributed by atoms with Crippen LogP contribution in [0.25, 0.3) is 0 Å². The van der Waals surface area contributed by atoms with Gasteiger partial charge in [0.25, 0.3) is 0 Å². The van der Waals surface area contributed by atoms with E-state index >= 15 is 0 Å². The number of rotatable bonds is 7. The van der Waals surface area contributed by atoms with E-state index in [1.54, 1.807) is 34.6 Å². The number of ether oxygens (including phenoxy) is 6. The predicted octanol–water partition coefficient (Wildman–Crippen LogP) is 5.01. The molecule has 13 nitrogen and oxygen atoms in total. The quantitative estimate of drug-likeness (QED) is 0.170. The van der Waals surface area contributed by atoms with E-state index in [0.717, 1.165) is 0 Å². The number of methoxy groups -OCH3 is 1. The summed E-state index contributed by atoms with van der Waals surface area (Å²) in [4.78, 5) is 16.1. The van der Waals surface area contributed by atoms with Crippen LogP contribution in [0, 0.1) is 29.6 Å². The van der Waals surface area contributed by atoms with Gasteiger partial charge in [0.1, 0.15) is 23.9 Å². The second-order valence-electron chi connectivity index (χ2n) is 17.6. The first kappa shape index (κ1) is 52.2. The Morgan fingerprint density at radius 3 is 1.98 bits per heavy atom. The van der Waals surface area contributed by atoms with Crippen molar-refractivity contribution in [2.45, 2.75) is 193 Å². The van der Waals surface area contributed by atoms with Crippen molar-refractivity contribution >= 4 is 45.9 Å². The van der Waals surface area contributed by atoms with Crippen molar-refractivity contribution in [3.05, 3.63) is 0 Å². The van der Waals surface area contributed by atoms with Gasteiger partial charge in [-0.05, 0) is 99.1 Å². The Hall–Kier alpha value is 1.07. The molecule has 325 valence electrons. The van der Waals surface area contributed by atoms with Crippen molar-refractivity contribution in [1.29, 1.82) is 0 Å². The number of aliphatic hydroxyl groups excluding tert-OH is 3. The van der Waals surface area contributed by atoms with Gasteiger partial charge in [0.15, 0.2) is 12.6 Å². The molecule has 3 aliphatic rings. The summed E-state index contributed by atoms with van der Waals surface area (Å²) in [6, 6.07) is -0.266. The van der Waals surface area contributed by atoms with E-state index in [1.807, 2.05) is 46.7 Å². The number of cyclic esters (lactones) is 1. The van der Waals surface area contributed by atoms with Gasteiger partial charge in [-0.2, -0.15) is 0 Å². The molecule has 0 saturated carbocycles. The van der Waals surface area contributed by atoms with E-state index in [9.17, 15) is 30.3 Å². The molecular weight excluding hydrogens is 979 g/mol. The fourth-order valence-corrected chi connectivity index (χ4v) is 8.96. The summed E-state index contributed by atoms with van der Waals surface area (Å²) in [6.07, 6.45) is -7.41. The van der Waals surface area contributed by atoms with Gasteiger partial charge in [0, 0.05) is 25.5 Å². The molecule has 0 spiro atoms. The second-order valence-corrected chi connectivity index (χ2v) is 29.4. The van der Waals surface area contributed by atoms with Crippen molar-refractivity contribution in [2.24, 2.45) is 29.6 Å². The van der Waals surface area contributed by atoms with Gasteiger partial charge in [-0.15, -0.1) is 0 Å². The molecule has 0 bridgehead atoms. The van der Waals surface area contributed by atoms with Crippen LogP contribution in [-0.2, 0) is 42.7 Å². The summed E-state index contributed by atoms with van der Waals surface area (Å²) in [5.41, 5.74) is -4.30. The van der Waals surface area contributed by atoms with E-state index in [1.165, 1.54) is 14.0 Å². The van der Waals surface area contributed by atoms with Gasteiger partial charge >= 0.3 is 55.4 Å². The second kappa shape index (κ2) is 22.3. The summed E-state index contributed by atoms with van der Waals surface area (Å²) < 4.78 is 37.6. The van der Waals surface area contributed by atoms with Crippen LogP contribution in [0.4, 0.5) is 0 Å². The van der Waals surface area contributed by atoms with Gasteiger partial charge in [-0.25, -0.2) is 0 Å². The third-order valence-electron chi connectivity index (χ3n) is 12.7. The molecule has 0 aliphatic carbocycles. The van der Waals surface area contributed by atoms with Gasteiger partial charge < -0.3 is 58.9 Å². The first-order valence-electron chi connectivity index (χ1n) is 19.8. The van der Waals surface area contributed by atoms with E-state index in [4.69, 9.17) is 28.4 Å². The number of hydrogen-bond acceptors (Lipinski definition) is 13. The van der Waals surface area contributed by atoms with Gasteiger partial charge in [-0.3, -0.25) is 4.79 Å². The summed E-state index contributed by atoms with van der Waals surface area (Å²) in [7, 11) is 5.92. The van der Waals surface area contributed by atoms with Crippen LogP contribution in [0.2, 0.25) is 0 Å². The predicted molar refractivity (Wildman–Crippen MR) is 223 cm³/mol. The number of esters is 1. The molecule has 0 radical (unpaired) electrons. The minimum atomic E-state index is -1.75. The van der Waals surface area contributed by atoms with Gasteiger partial charge in [-0.1, -0.05) is 34.6 Å². The van der Waals surface area contributed by atoms with Gasteiger partial charge in [0.05, 0.1) is 47.6 Å². The number of hydrogen-bond donors (Lipinski definition) is 5. The average Bonchev–Trinajstić information content (AvgIpc) is 3.10. The number of nitrogens with zero attached hydrogens (tertiary/aromatic N) is 1. The monoisotopic (exact) mass is 1050 g/mol. The molecule has 3 fully saturated rings. The molecule has 0 aromatic heterocycles. The Balaban J connectivity index is 0.00000337. The first-order chi connectivity index (χ1) is 25.3. The number of carbonyl (C=O) groups excluding carboxylic acids is 1. The number of likely N-dealkylation sites (N-methyl/N-ethyl adjacent to an activating group) is 1. The van der Waals surface area contributed by atoms with Crippen molar-refractivity contribution in [2.75, 3.05) is 21.2 Å². The fraction of sp³-hybridized carbons (Fsp3) is 0.974. The summed E-state index contributed by atoms with van der Waals surface area (Å²) in [5, 5.41) is 58.2. The molecule has 18 unspecified atom stereocenters. The Labute approximate surface area is 359 Å². The van der Waals surface area contributed by atoms with Crippen LogP contribution in [-0.4, -0.2) is 142 Å². The summed E-state index contributed by atoms with van der Waals surface area (Å²) in [5.74, 6) is -2.84. The van der Waals surface area contributed by atoms with Crippen LogP contribution < -0.4 is 0 Å². The van der Waals surface area contributed by atoms with Crippen LogP contribution in [0.1, 0.15) is 108 Å². The number of aliphatic hydroxyl groups is 5. The summed E-state index contributed by atoms with van der Waals surface area (Å²) >= 11 is 4.74. The zero-order valence-electron chi connectivity index (χ0n) is 35.5. The molecule has 19 atom stereocenters. The molecule has 3 rings (SSSR count). The standard InChI is InChI=1S/C39H73NO12.2HI.V/c1-15-28-39(11,46)32(42)21(3)16-20(2)22(4)18-37(9,45)34(52-36-30(41)27(40(12)13)17-23(5)48-36)24(6)31(25(7)35(44)50-28)51-29-19-38(10,47-14)33(43)26(8)49-29;;;/h20-34,36,41-43,45-46H,15-19H2,1-14H3;2*1H;/q;;;+2/p-2/t20?,21?,22?,23?,24?,25?,26?,27?,28-,29?,30?,31?,32?,33?,34?,36?,37?,38?,39?;;;/m1.../s1. The minimum absolute atomic E-state index is 0.00606. The van der Waals surface area contributed by atoms with Crippen molar-refractivity contribution in [3.63, 3.8) is 0 Å². The van der Waals surface area contributed by atoms with E-state index in [-0.39, 0.29) is 49.2 Å². The molecular formula is C39H73I2NO12V. The zero-order valence-corrected chi connectivity index (χ0v) is 41.2. The maximum absolute atomic E-state index is 14.2. The summed E-state index contributed by atoms with van der Waals surface area (Å²) in [6.45, 7) is 19.9. The third kappa shape index (κ3) is 13.3. The molecule has 3 saturated heterocycles. The molecule has 0 amide bonds. The zero-order chi connectivity index (χ0) is 42.4. The Bertz CT molecular complexity index is 1170. The van der Waals surface area contributed by atoms with Crippen molar-refractivity contribution in [3.8, 4) is 0 Å². The SMILES string of the molecule is CC[C@H]1OC(=O)C(C)C(OC2CC(C)(OC)C(O)C(C)O2)C(C)C(OC2OC(C)CC(N(C)C)C2O)C(C)(O)CC(C)C(C)CC(C)C(O)C1(C)O.[I][V][I]. The van der Waals surface area contributed by atoms with Crippen LogP contribution >= 0.6 is 40.0 Å². The van der Waals surface area contributed by atoms with Crippen LogP contribution in [0.3, 0.4) is 0 Å². The average molecular weight is 1050 g/mol. The Morgan fingerprint density at radius 2 is 1.45 bits per heavy atom. The van der Waals surface area contributed by atoms with E-state index in [0.29, 0.717) is 22.3 Å². The Kier molecular flexibility index (Phi) is 21.1. The molecule has 0 aromatic rings. The number of halogens is 2. The van der Waals surface area contributed by atoms with Crippen molar-refractivity contribution < 1.29 is 68.2 Å². The normalized spacial score (nSPS) is 48.1. The molecule has 5 N–H and O–H groups in total. The van der Waals surface area contributed by atoms with Crippen LogP contribution in [0.5, 0.6) is 0 Å². The van der Waals surface area contributed by atoms with E-state index < -0.39 is 89.9 Å². The fourth-order valence-electron chi connectivity index (χ4n) is 8.96. The maximum atomic E-state index is 14.2. The molecule has 55 heavy (non-hydrogen) atoms. The van der Waals surface area contributed by atoms with Gasteiger partial charge in [0.2, 0.25) is 0 Å². The molecule has 3 heterocycles. The topological polar surface area (TPSA) is 177 Å². The molecule has 3 aliphatic heterocycles. The molecule has 0 aromatic carbocycles. The molecule has 16 heteroatoms. The van der Waals surface area contributed by atoms with Crippen molar-refractivity contribution in [1.82, 2.24) is 4.90 Å².